The predicted octanol–water partition coefficient (Wildman–Crippen LogP) is 2.87. The highest BCUT2D eigenvalue weighted by Crippen LogP contribution is 2.41. The third-order valence-electron chi connectivity index (χ3n) is 4.49. The maximum Gasteiger partial charge on any atom is 0.412 e. The number of aromatic hydroxyl groups is 1. The number of H-pyrrole nitrogens is 2. The van der Waals surface area contributed by atoms with Crippen molar-refractivity contribution in [3.63, 3.8) is 0 Å². The van der Waals surface area contributed by atoms with E-state index in [1.165, 1.54) is 43.5 Å². The number of nitrogens with one attached hydrogen (secondary N) is 2. The lowest BCUT2D eigenvalue weighted by Gasteiger charge is -2.07. The number of ether oxygens (including phenoxy) is 2. The molecule has 0 saturated carbocycles. The van der Waals surface area contributed by atoms with Crippen molar-refractivity contribution in [2.75, 3.05) is 7.11 Å². The summed E-state index contributed by atoms with van der Waals surface area (Å²) in [6.45, 7) is 0. The van der Waals surface area contributed by atoms with Crippen LogP contribution in [0.25, 0.3) is 33.6 Å². The van der Waals surface area contributed by atoms with Gasteiger partial charge in [0.1, 0.15) is 34.2 Å². The number of methoxy groups -OCH3 is 1. The molecule has 1 amide bonds. The van der Waals surface area contributed by atoms with Crippen LogP contribution in [0.1, 0.15) is 10.4 Å². The molecule has 158 valence electrons. The first kappa shape index (κ1) is 19.8. The number of hydrogen-bond donors (Lipinski definition) is 4. The highest BCUT2D eigenvalue weighted by atomic mass is 19.1. The number of carbonyl (C=O) groups excluding carboxylic acids is 2. The zero-order chi connectivity index (χ0) is 22.3. The predicted molar refractivity (Wildman–Crippen MR) is 105 cm³/mol. The fourth-order valence-corrected chi connectivity index (χ4v) is 3.21. The first-order valence-electron chi connectivity index (χ1n) is 8.72. The van der Waals surface area contributed by atoms with Gasteiger partial charge in [0.2, 0.25) is 5.88 Å². The minimum absolute atomic E-state index is 0.00719. The summed E-state index contributed by atoms with van der Waals surface area (Å²) in [6, 6.07) is 7.91. The lowest BCUT2D eigenvalue weighted by molar-refractivity contribution is 0.0640. The number of hydrogen-bond acceptors (Lipinski definition) is 7. The van der Waals surface area contributed by atoms with Crippen LogP contribution in [0.15, 0.2) is 45.6 Å². The van der Waals surface area contributed by atoms with Crippen LogP contribution in [0.2, 0.25) is 0 Å². The normalized spacial score (nSPS) is 10.9. The van der Waals surface area contributed by atoms with Crippen LogP contribution in [0.4, 0.5) is 9.18 Å². The smallest absolute Gasteiger partial charge is 0.412 e. The van der Waals surface area contributed by atoms with E-state index in [1.807, 2.05) is 0 Å². The number of aromatic nitrogens is 2. The Morgan fingerprint density at radius 2 is 1.87 bits per heavy atom. The van der Waals surface area contributed by atoms with Crippen LogP contribution in [0.5, 0.6) is 11.6 Å². The van der Waals surface area contributed by atoms with E-state index in [0.29, 0.717) is 5.56 Å². The van der Waals surface area contributed by atoms with Crippen LogP contribution in [-0.4, -0.2) is 34.2 Å². The summed E-state index contributed by atoms with van der Waals surface area (Å²) < 4.78 is 29.1. The van der Waals surface area contributed by atoms with Crippen molar-refractivity contribution < 1.29 is 33.0 Å². The minimum Gasteiger partial charge on any atom is -0.496 e. The molecule has 5 N–H and O–H groups in total. The Labute approximate surface area is 172 Å². The maximum atomic E-state index is 13.4. The third kappa shape index (κ3) is 3.48. The molecule has 4 aromatic rings. The molecule has 0 aliphatic rings. The van der Waals surface area contributed by atoms with E-state index in [-0.39, 0.29) is 39.3 Å². The molecule has 0 radical (unpaired) electrons. The number of aromatic amines is 2. The van der Waals surface area contributed by atoms with Crippen LogP contribution in [0, 0.1) is 5.82 Å². The molecule has 0 bridgehead atoms. The molecule has 0 aliphatic heterocycles. The lowest BCUT2D eigenvalue weighted by Crippen LogP contribution is -2.18. The Kier molecular flexibility index (Phi) is 4.70. The summed E-state index contributed by atoms with van der Waals surface area (Å²) in [5, 5.41) is 10.2. The average Bonchev–Trinajstić information content (AvgIpc) is 3.25. The molecule has 11 heteroatoms. The molecule has 0 unspecified atom stereocenters. The molecule has 0 aliphatic carbocycles. The van der Waals surface area contributed by atoms with E-state index in [0.717, 1.165) is 0 Å². The number of nitrogens with two attached hydrogens (primary N) is 1. The summed E-state index contributed by atoms with van der Waals surface area (Å²) in [5.74, 6) is -1.86. The van der Waals surface area contributed by atoms with Gasteiger partial charge in [-0.1, -0.05) is 0 Å². The number of primary amides is 1. The largest absolute Gasteiger partial charge is 0.496 e. The van der Waals surface area contributed by atoms with Crippen molar-refractivity contribution in [3.05, 3.63) is 58.3 Å². The molecule has 10 nitrogen and oxygen atoms in total. The first-order valence-corrected chi connectivity index (χ1v) is 8.72. The van der Waals surface area contributed by atoms with E-state index in [9.17, 15) is 23.9 Å². The number of amides is 1. The highest BCUT2D eigenvalue weighted by molar-refractivity contribution is 6.12. The topological polar surface area (TPSA) is 161 Å². The SMILES string of the molecule is COc1cc2c(C(=O)OC(N)=O)c(-c3ccc(F)cc3)oc2cc1-c1[nH]c(=O)[nH]c1O. The molecule has 2 aromatic carbocycles. The van der Waals surface area contributed by atoms with E-state index in [2.05, 4.69) is 14.7 Å². The van der Waals surface area contributed by atoms with E-state index < -0.39 is 29.4 Å². The number of esters is 1. The fourth-order valence-electron chi connectivity index (χ4n) is 3.21. The van der Waals surface area contributed by atoms with E-state index >= 15 is 0 Å². The zero-order valence-corrected chi connectivity index (χ0v) is 15.8. The summed E-state index contributed by atoms with van der Waals surface area (Å²) in [5.41, 5.74) is 4.93. The standard InChI is InChI=1S/C20H14FN3O7/c1-29-12-6-10-13(7-11(12)15-17(25)24-20(28)23-15)30-16(8-2-4-9(21)5-3-8)14(10)18(26)31-19(22)27/h2-7,25H,1H3,(H2,22,27)(H2,23,24,28). The van der Waals surface area contributed by atoms with E-state index in [1.54, 1.807) is 0 Å². The molecule has 0 fully saturated rings. The average molecular weight is 427 g/mol. The van der Waals surface area contributed by atoms with Crippen molar-refractivity contribution >= 4 is 23.0 Å². The number of rotatable bonds is 4. The van der Waals surface area contributed by atoms with Crippen molar-refractivity contribution in [2.24, 2.45) is 5.73 Å². The molecule has 0 saturated heterocycles. The lowest BCUT2D eigenvalue weighted by atomic mass is 10.0. The van der Waals surface area contributed by atoms with Gasteiger partial charge in [-0.2, -0.15) is 0 Å². The molecular formula is C20H14FN3O7. The van der Waals surface area contributed by atoms with Crippen LogP contribution in [0.3, 0.4) is 0 Å². The molecule has 0 spiro atoms. The molecular weight excluding hydrogens is 413 g/mol. The fraction of sp³-hybridized carbons (Fsp3) is 0.0500. The maximum absolute atomic E-state index is 13.4. The number of halogens is 1. The Balaban J connectivity index is 2.01. The van der Waals surface area contributed by atoms with Gasteiger partial charge < -0.3 is 29.7 Å². The van der Waals surface area contributed by atoms with Crippen LogP contribution >= 0.6 is 0 Å². The number of fused-ring (bicyclic) bond motifs is 1. The van der Waals surface area contributed by atoms with Crippen molar-refractivity contribution in [2.45, 2.75) is 0 Å². The molecule has 2 heterocycles. The Bertz CT molecular complexity index is 1380. The Morgan fingerprint density at radius 3 is 2.45 bits per heavy atom. The molecule has 31 heavy (non-hydrogen) atoms. The summed E-state index contributed by atoms with van der Waals surface area (Å²) in [4.78, 5) is 39.9. The summed E-state index contributed by atoms with van der Waals surface area (Å²) in [6.07, 6.45) is -1.32. The first-order chi connectivity index (χ1) is 14.8. The van der Waals surface area contributed by atoms with Crippen molar-refractivity contribution in [1.29, 1.82) is 0 Å². The summed E-state index contributed by atoms with van der Waals surface area (Å²) in [7, 11) is 1.34. The van der Waals surface area contributed by atoms with Gasteiger partial charge in [0.15, 0.2) is 0 Å². The third-order valence-corrected chi connectivity index (χ3v) is 4.49. The van der Waals surface area contributed by atoms with Crippen LogP contribution in [-0.2, 0) is 4.74 Å². The van der Waals surface area contributed by atoms with Crippen molar-refractivity contribution in [3.8, 4) is 34.2 Å². The number of carbonyl (C=O) groups is 2. The van der Waals surface area contributed by atoms with Gasteiger partial charge in [-0.15, -0.1) is 0 Å². The molecule has 2 aromatic heterocycles. The Morgan fingerprint density at radius 1 is 1.16 bits per heavy atom. The number of imidazole rings is 1. The highest BCUT2D eigenvalue weighted by Gasteiger charge is 2.27. The van der Waals surface area contributed by atoms with Gasteiger partial charge in [0, 0.05) is 16.5 Å². The van der Waals surface area contributed by atoms with Crippen molar-refractivity contribution in [1.82, 2.24) is 9.97 Å². The van der Waals surface area contributed by atoms with Gasteiger partial charge in [-0.05, 0) is 36.4 Å². The van der Waals surface area contributed by atoms with Gasteiger partial charge >= 0.3 is 17.8 Å². The molecule has 0 atom stereocenters. The van der Waals surface area contributed by atoms with Gasteiger partial charge in [-0.25, -0.2) is 18.8 Å². The van der Waals surface area contributed by atoms with Gasteiger partial charge in [0.25, 0.3) is 0 Å². The molecule has 4 rings (SSSR count). The second-order valence-electron chi connectivity index (χ2n) is 6.37. The second-order valence-corrected chi connectivity index (χ2v) is 6.37. The quantitative estimate of drug-likeness (QED) is 0.288. The van der Waals surface area contributed by atoms with Gasteiger partial charge in [0.05, 0.1) is 7.11 Å². The number of furan rings is 1. The monoisotopic (exact) mass is 427 g/mol. The number of benzene rings is 2. The summed E-state index contributed by atoms with van der Waals surface area (Å²) >= 11 is 0. The Hall–Kier alpha value is -4.54. The second kappa shape index (κ2) is 7.37. The zero-order valence-electron chi connectivity index (χ0n) is 15.8. The van der Waals surface area contributed by atoms with Crippen LogP contribution < -0.4 is 16.2 Å². The van der Waals surface area contributed by atoms with E-state index in [4.69, 9.17) is 14.9 Å². The van der Waals surface area contributed by atoms with Gasteiger partial charge in [-0.3, -0.25) is 4.98 Å². The minimum atomic E-state index is -1.32.